The van der Waals surface area contributed by atoms with Crippen molar-refractivity contribution in [3.8, 4) is 11.1 Å². The van der Waals surface area contributed by atoms with Crippen molar-refractivity contribution in [1.29, 1.82) is 0 Å². The predicted molar refractivity (Wildman–Crippen MR) is 134 cm³/mol. The van der Waals surface area contributed by atoms with Crippen molar-refractivity contribution >= 4 is 17.8 Å². The van der Waals surface area contributed by atoms with Crippen LogP contribution in [-0.4, -0.2) is 30.5 Å². The third-order valence-corrected chi connectivity index (χ3v) is 5.60. The number of carbonyl (C=O) groups is 3. The number of rotatable bonds is 10. The van der Waals surface area contributed by atoms with Crippen LogP contribution in [-0.2, 0) is 36.9 Å². The standard InChI is InChI=1S/C29H31NO5/c1-3-34-29(33)27(31)30-26(18-21(2)28(32)35-20-23-10-6-4-7-11-23)19-22-14-16-25(17-15-22)24-12-8-5-9-13-24/h4-17,21,26H,3,18-20H2,1-2H3,(H,30,31)/t21-,26+/m1/s1. The highest BCUT2D eigenvalue weighted by atomic mass is 16.5. The van der Waals surface area contributed by atoms with E-state index in [1.165, 1.54) is 0 Å². The summed E-state index contributed by atoms with van der Waals surface area (Å²) in [6.45, 7) is 3.70. The maximum Gasteiger partial charge on any atom is 0.396 e. The quantitative estimate of drug-likeness (QED) is 0.341. The first-order valence-electron chi connectivity index (χ1n) is 11.8. The van der Waals surface area contributed by atoms with Crippen molar-refractivity contribution in [2.75, 3.05) is 6.61 Å². The number of ether oxygens (including phenoxy) is 2. The fourth-order valence-electron chi connectivity index (χ4n) is 3.78. The van der Waals surface area contributed by atoms with Crippen molar-refractivity contribution in [3.05, 3.63) is 96.1 Å². The number of benzene rings is 3. The minimum atomic E-state index is -0.934. The Bertz CT molecular complexity index is 1100. The minimum absolute atomic E-state index is 0.111. The van der Waals surface area contributed by atoms with Crippen LogP contribution in [0, 0.1) is 5.92 Å². The first kappa shape index (κ1) is 25.7. The molecule has 182 valence electrons. The van der Waals surface area contributed by atoms with Gasteiger partial charge < -0.3 is 14.8 Å². The number of hydrogen-bond donors (Lipinski definition) is 1. The van der Waals surface area contributed by atoms with E-state index in [-0.39, 0.29) is 19.2 Å². The van der Waals surface area contributed by atoms with Gasteiger partial charge in [-0.2, -0.15) is 0 Å². The summed E-state index contributed by atoms with van der Waals surface area (Å²) in [4.78, 5) is 36.8. The number of hydrogen-bond acceptors (Lipinski definition) is 5. The van der Waals surface area contributed by atoms with Crippen molar-refractivity contribution < 1.29 is 23.9 Å². The summed E-state index contributed by atoms with van der Waals surface area (Å²) >= 11 is 0. The third kappa shape index (κ3) is 8.10. The van der Waals surface area contributed by atoms with Gasteiger partial charge in [-0.15, -0.1) is 0 Å². The van der Waals surface area contributed by atoms with Gasteiger partial charge in [-0.3, -0.25) is 9.59 Å². The molecule has 0 bridgehead atoms. The molecule has 6 nitrogen and oxygen atoms in total. The largest absolute Gasteiger partial charge is 0.461 e. The monoisotopic (exact) mass is 473 g/mol. The van der Waals surface area contributed by atoms with Crippen LogP contribution in [0.15, 0.2) is 84.9 Å². The van der Waals surface area contributed by atoms with E-state index in [2.05, 4.69) is 5.32 Å². The number of amides is 1. The average molecular weight is 474 g/mol. The van der Waals surface area contributed by atoms with Crippen LogP contribution in [0.5, 0.6) is 0 Å². The Labute approximate surface area is 206 Å². The highest BCUT2D eigenvalue weighted by Crippen LogP contribution is 2.21. The molecule has 1 amide bonds. The van der Waals surface area contributed by atoms with Crippen LogP contribution in [0.2, 0.25) is 0 Å². The topological polar surface area (TPSA) is 81.7 Å². The summed E-state index contributed by atoms with van der Waals surface area (Å²) in [7, 11) is 0. The molecule has 0 saturated carbocycles. The zero-order chi connectivity index (χ0) is 25.0. The molecular formula is C29H31NO5. The lowest BCUT2D eigenvalue weighted by Gasteiger charge is -2.22. The highest BCUT2D eigenvalue weighted by Gasteiger charge is 2.25. The van der Waals surface area contributed by atoms with Gasteiger partial charge in [-0.1, -0.05) is 91.9 Å². The molecule has 0 aliphatic carbocycles. The molecule has 0 aliphatic heterocycles. The van der Waals surface area contributed by atoms with E-state index in [1.54, 1.807) is 13.8 Å². The van der Waals surface area contributed by atoms with Crippen LogP contribution in [0.4, 0.5) is 0 Å². The number of esters is 2. The van der Waals surface area contributed by atoms with Crippen molar-refractivity contribution in [3.63, 3.8) is 0 Å². The molecular weight excluding hydrogens is 442 g/mol. The van der Waals surface area contributed by atoms with Gasteiger partial charge in [0.1, 0.15) is 6.61 Å². The molecule has 3 aromatic rings. The second-order valence-corrected chi connectivity index (χ2v) is 8.39. The third-order valence-electron chi connectivity index (χ3n) is 5.60. The fourth-order valence-corrected chi connectivity index (χ4v) is 3.78. The van der Waals surface area contributed by atoms with Crippen molar-refractivity contribution in [2.24, 2.45) is 5.92 Å². The molecule has 3 rings (SSSR count). The van der Waals surface area contributed by atoms with Gasteiger partial charge >= 0.3 is 17.8 Å². The maximum absolute atomic E-state index is 12.6. The zero-order valence-electron chi connectivity index (χ0n) is 20.1. The molecule has 0 fully saturated rings. The fraction of sp³-hybridized carbons (Fsp3) is 0.276. The lowest BCUT2D eigenvalue weighted by atomic mass is 9.95. The Morgan fingerprint density at radius 3 is 2.00 bits per heavy atom. The molecule has 1 N–H and O–H groups in total. The van der Waals surface area contributed by atoms with E-state index >= 15 is 0 Å². The first-order chi connectivity index (χ1) is 17.0. The number of carbonyl (C=O) groups excluding carboxylic acids is 3. The molecule has 3 aromatic carbocycles. The van der Waals surface area contributed by atoms with E-state index in [4.69, 9.17) is 9.47 Å². The van der Waals surface area contributed by atoms with Gasteiger partial charge in [-0.05, 0) is 42.0 Å². The van der Waals surface area contributed by atoms with Gasteiger partial charge in [0.05, 0.1) is 12.5 Å². The van der Waals surface area contributed by atoms with Crippen LogP contribution < -0.4 is 5.32 Å². The molecule has 6 heteroatoms. The Kier molecular flexibility index (Phi) is 9.60. The van der Waals surface area contributed by atoms with Crippen LogP contribution >= 0.6 is 0 Å². The summed E-state index contributed by atoms with van der Waals surface area (Å²) in [6.07, 6.45) is 0.774. The van der Waals surface area contributed by atoms with Crippen molar-refractivity contribution in [1.82, 2.24) is 5.32 Å². The summed E-state index contributed by atoms with van der Waals surface area (Å²) < 4.78 is 10.3. The summed E-state index contributed by atoms with van der Waals surface area (Å²) in [5.74, 6) is -2.59. The van der Waals surface area contributed by atoms with Crippen LogP contribution in [0.3, 0.4) is 0 Å². The molecule has 0 saturated heterocycles. The van der Waals surface area contributed by atoms with Gasteiger partial charge in [0, 0.05) is 6.04 Å². The van der Waals surface area contributed by atoms with E-state index in [9.17, 15) is 14.4 Å². The molecule has 0 spiro atoms. The highest BCUT2D eigenvalue weighted by molar-refractivity contribution is 6.32. The molecule has 0 heterocycles. The summed E-state index contributed by atoms with van der Waals surface area (Å²) in [5, 5.41) is 2.73. The molecule has 0 radical (unpaired) electrons. The van der Waals surface area contributed by atoms with E-state index < -0.39 is 23.8 Å². The SMILES string of the molecule is CCOC(=O)C(=O)N[C@H](Cc1ccc(-c2ccccc2)cc1)C[C@@H](C)C(=O)OCc1ccccc1. The zero-order valence-corrected chi connectivity index (χ0v) is 20.1. The first-order valence-corrected chi connectivity index (χ1v) is 11.8. The smallest absolute Gasteiger partial charge is 0.396 e. The Morgan fingerprint density at radius 1 is 0.771 bits per heavy atom. The molecule has 0 aromatic heterocycles. The van der Waals surface area contributed by atoms with Gasteiger partial charge in [0.15, 0.2) is 0 Å². The number of nitrogens with one attached hydrogen (secondary N) is 1. The van der Waals surface area contributed by atoms with E-state index in [1.807, 2.05) is 84.9 Å². The van der Waals surface area contributed by atoms with E-state index in [0.29, 0.717) is 12.8 Å². The lowest BCUT2D eigenvalue weighted by Crippen LogP contribution is -2.42. The molecule has 0 aliphatic rings. The van der Waals surface area contributed by atoms with E-state index in [0.717, 1.165) is 22.3 Å². The lowest BCUT2D eigenvalue weighted by molar-refractivity contribution is -0.155. The summed E-state index contributed by atoms with van der Waals surface area (Å²) in [5.41, 5.74) is 4.07. The summed E-state index contributed by atoms with van der Waals surface area (Å²) in [6, 6.07) is 27.1. The Morgan fingerprint density at radius 2 is 1.37 bits per heavy atom. The molecule has 0 unspecified atom stereocenters. The van der Waals surface area contributed by atoms with Gasteiger partial charge in [0.2, 0.25) is 0 Å². The molecule has 35 heavy (non-hydrogen) atoms. The molecule has 2 atom stereocenters. The predicted octanol–water partition coefficient (Wildman–Crippen LogP) is 4.71. The minimum Gasteiger partial charge on any atom is -0.461 e. The Balaban J connectivity index is 1.66. The second-order valence-electron chi connectivity index (χ2n) is 8.39. The van der Waals surface area contributed by atoms with Gasteiger partial charge in [-0.25, -0.2) is 4.79 Å². The van der Waals surface area contributed by atoms with Crippen molar-refractivity contribution in [2.45, 2.75) is 39.3 Å². The second kappa shape index (κ2) is 13.1. The van der Waals surface area contributed by atoms with Gasteiger partial charge in [0.25, 0.3) is 0 Å². The normalized spacial score (nSPS) is 12.3. The Hall–Kier alpha value is -3.93. The van der Waals surface area contributed by atoms with Crippen LogP contribution in [0.25, 0.3) is 11.1 Å². The average Bonchev–Trinajstić information content (AvgIpc) is 2.88. The maximum atomic E-state index is 12.6. The van der Waals surface area contributed by atoms with Crippen LogP contribution in [0.1, 0.15) is 31.4 Å².